The highest BCUT2D eigenvalue weighted by Crippen LogP contribution is 2.25. The van der Waals surface area contributed by atoms with Gasteiger partial charge in [-0.3, -0.25) is 43.3 Å². The minimum Gasteiger partial charge on any atom is -0.480 e. The molecule has 280 valence electrons. The molecule has 0 unspecified atom stereocenters. The van der Waals surface area contributed by atoms with Gasteiger partial charge in [-0.05, 0) is 66.2 Å². The zero-order valence-electron chi connectivity index (χ0n) is 28.9. The van der Waals surface area contributed by atoms with Crippen LogP contribution in [0.5, 0.6) is 0 Å². The maximum absolute atomic E-state index is 13.5. The minimum absolute atomic E-state index is 0.125. The van der Waals surface area contributed by atoms with Gasteiger partial charge in [-0.15, -0.1) is 0 Å². The van der Waals surface area contributed by atoms with Crippen LogP contribution in [-0.2, 0) is 38.4 Å². The van der Waals surface area contributed by atoms with Gasteiger partial charge in [0.1, 0.15) is 36.3 Å². The number of guanidine groups is 1. The molecule has 0 aromatic rings. The molecular formula is C30H51N11O9. The van der Waals surface area contributed by atoms with Gasteiger partial charge in [-0.1, -0.05) is 0 Å². The Morgan fingerprint density at radius 3 is 2.00 bits per heavy atom. The highest BCUT2D eigenvalue weighted by Gasteiger charge is 2.43. The molecule has 0 aromatic heterocycles. The van der Waals surface area contributed by atoms with Gasteiger partial charge in [-0.25, -0.2) is 0 Å². The number of carboxylic acids is 1. The van der Waals surface area contributed by atoms with Crippen LogP contribution in [0.1, 0.15) is 66.2 Å². The van der Waals surface area contributed by atoms with E-state index in [9.17, 15) is 38.4 Å². The molecule has 0 bridgehead atoms. The highest BCUT2D eigenvalue weighted by molar-refractivity contribution is 5.97. The smallest absolute Gasteiger partial charge is 0.325 e. The van der Waals surface area contributed by atoms with Gasteiger partial charge in [0, 0.05) is 19.6 Å². The number of nitrogens with zero attached hydrogens (tertiary/aromatic N) is 3. The normalized spacial score (nSPS) is 19.9. The molecule has 50 heavy (non-hydrogen) atoms. The summed E-state index contributed by atoms with van der Waals surface area (Å²) in [5.74, 6) is -5.52. The van der Waals surface area contributed by atoms with Gasteiger partial charge in [0.2, 0.25) is 41.4 Å². The van der Waals surface area contributed by atoms with E-state index in [0.29, 0.717) is 32.1 Å². The van der Waals surface area contributed by atoms with Crippen molar-refractivity contribution in [1.82, 2.24) is 36.4 Å². The monoisotopic (exact) mass is 709 g/mol. The fourth-order valence-electron chi connectivity index (χ4n) is 5.53. The zero-order valence-corrected chi connectivity index (χ0v) is 28.9. The molecule has 2 rings (SSSR count). The van der Waals surface area contributed by atoms with E-state index in [1.807, 2.05) is 0 Å². The van der Waals surface area contributed by atoms with Gasteiger partial charge in [-0.2, -0.15) is 0 Å². The van der Waals surface area contributed by atoms with E-state index >= 15 is 0 Å². The summed E-state index contributed by atoms with van der Waals surface area (Å²) in [6.45, 7) is 5.81. The van der Waals surface area contributed by atoms with Crippen molar-refractivity contribution in [2.75, 3.05) is 26.2 Å². The van der Waals surface area contributed by atoms with Crippen molar-refractivity contribution in [2.24, 2.45) is 22.2 Å². The number of aliphatic carboxylic acids is 1. The number of carboxylic acid groups (broad SMARTS) is 1. The van der Waals surface area contributed by atoms with E-state index in [-0.39, 0.29) is 32.0 Å². The van der Waals surface area contributed by atoms with Gasteiger partial charge in [0.15, 0.2) is 5.96 Å². The van der Waals surface area contributed by atoms with Crippen LogP contribution in [0.15, 0.2) is 4.99 Å². The van der Waals surface area contributed by atoms with Crippen LogP contribution >= 0.6 is 0 Å². The second-order valence-corrected chi connectivity index (χ2v) is 12.5. The standard InChI is InChI=1S/C30H51N11O9/c1-15(31)23(43)39-19(8-5-11-34-30(32)33)25(45)35-14-22(42)36-16(2)24(44)37-17(3)27(47)41-13-7-10-21(41)28(48)40-12-6-9-20(40)26(46)38-18(4)29(49)50/h15-21H,5-14,31H2,1-4H3,(H,35,45)(H,36,42)(H,37,44)(H,38,46)(H,39,43)(H,49,50)(H4,32,33,34)/t15-,16-,17-,18-,19-,20-,21-/m0/s1. The Morgan fingerprint density at radius 2 is 1.40 bits per heavy atom. The van der Waals surface area contributed by atoms with Crippen LogP contribution < -0.4 is 43.8 Å². The van der Waals surface area contributed by atoms with Crippen LogP contribution in [0.3, 0.4) is 0 Å². The van der Waals surface area contributed by atoms with Crippen molar-refractivity contribution in [3.63, 3.8) is 0 Å². The van der Waals surface area contributed by atoms with Crippen LogP contribution in [-0.4, -0.2) is 137 Å². The first-order valence-electron chi connectivity index (χ1n) is 16.6. The molecule has 7 atom stereocenters. The van der Waals surface area contributed by atoms with E-state index in [1.54, 1.807) is 0 Å². The van der Waals surface area contributed by atoms with E-state index in [0.717, 1.165) is 0 Å². The molecule has 2 heterocycles. The second-order valence-electron chi connectivity index (χ2n) is 12.5. The number of carbonyl (C=O) groups excluding carboxylic acids is 7. The van der Waals surface area contributed by atoms with Gasteiger partial charge in [0.25, 0.3) is 0 Å². The average molecular weight is 710 g/mol. The molecule has 20 heteroatoms. The van der Waals surface area contributed by atoms with Crippen LogP contribution in [0, 0.1) is 0 Å². The minimum atomic E-state index is -1.21. The highest BCUT2D eigenvalue weighted by atomic mass is 16.4. The topological polar surface area (TPSA) is 314 Å². The number of likely N-dealkylation sites (tertiary alicyclic amines) is 2. The van der Waals surface area contributed by atoms with Crippen molar-refractivity contribution in [3.8, 4) is 0 Å². The lowest BCUT2D eigenvalue weighted by Gasteiger charge is -2.32. The first-order valence-corrected chi connectivity index (χ1v) is 16.6. The number of aliphatic imine (C=N–C) groups is 1. The number of rotatable bonds is 17. The molecule has 20 nitrogen and oxygen atoms in total. The molecule has 2 saturated heterocycles. The Labute approximate surface area is 290 Å². The number of hydrogen-bond acceptors (Lipinski definition) is 10. The van der Waals surface area contributed by atoms with Crippen molar-refractivity contribution in [3.05, 3.63) is 0 Å². The van der Waals surface area contributed by atoms with Crippen LogP contribution in [0.2, 0.25) is 0 Å². The summed E-state index contributed by atoms with van der Waals surface area (Å²) >= 11 is 0. The summed E-state index contributed by atoms with van der Waals surface area (Å²) in [4.78, 5) is 108. The third-order valence-corrected chi connectivity index (χ3v) is 8.30. The van der Waals surface area contributed by atoms with E-state index < -0.39 is 96.2 Å². The van der Waals surface area contributed by atoms with Crippen LogP contribution in [0.4, 0.5) is 0 Å². The van der Waals surface area contributed by atoms with E-state index in [2.05, 4.69) is 31.6 Å². The molecule has 2 aliphatic rings. The van der Waals surface area contributed by atoms with Crippen molar-refractivity contribution in [2.45, 2.75) is 109 Å². The lowest BCUT2D eigenvalue weighted by molar-refractivity contribution is -0.148. The fraction of sp³-hybridized carbons (Fsp3) is 0.700. The van der Waals surface area contributed by atoms with Crippen molar-refractivity contribution < 1.29 is 43.5 Å². The molecule has 0 aromatic carbocycles. The maximum atomic E-state index is 13.5. The Bertz CT molecular complexity index is 1320. The quantitative estimate of drug-likeness (QED) is 0.0393. The Kier molecular flexibility index (Phi) is 15.8. The van der Waals surface area contributed by atoms with E-state index in [4.69, 9.17) is 22.3 Å². The first kappa shape index (κ1) is 41.2. The van der Waals surface area contributed by atoms with E-state index in [1.165, 1.54) is 37.5 Å². The summed E-state index contributed by atoms with van der Waals surface area (Å²) in [7, 11) is 0. The third kappa shape index (κ3) is 12.1. The second kappa shape index (κ2) is 19.2. The third-order valence-electron chi connectivity index (χ3n) is 8.30. The molecule has 12 N–H and O–H groups in total. The first-order chi connectivity index (χ1) is 23.4. The van der Waals surface area contributed by atoms with Crippen molar-refractivity contribution in [1.29, 1.82) is 0 Å². The maximum Gasteiger partial charge on any atom is 0.325 e. The van der Waals surface area contributed by atoms with Gasteiger partial charge >= 0.3 is 5.97 Å². The number of nitrogens with two attached hydrogens (primary N) is 3. The predicted octanol–water partition coefficient (Wildman–Crippen LogP) is -4.43. The van der Waals surface area contributed by atoms with Gasteiger partial charge in [0.05, 0.1) is 12.6 Å². The van der Waals surface area contributed by atoms with Crippen LogP contribution in [0.25, 0.3) is 0 Å². The Hall–Kier alpha value is -5.01. The number of amides is 7. The number of carbonyl (C=O) groups is 8. The molecule has 0 spiro atoms. The van der Waals surface area contributed by atoms with Crippen molar-refractivity contribution >= 4 is 53.3 Å². The largest absolute Gasteiger partial charge is 0.480 e. The number of nitrogens with one attached hydrogen (secondary N) is 5. The molecular weight excluding hydrogens is 658 g/mol. The fourth-order valence-corrected chi connectivity index (χ4v) is 5.53. The average Bonchev–Trinajstić information content (AvgIpc) is 3.74. The molecule has 0 saturated carbocycles. The lowest BCUT2D eigenvalue weighted by atomic mass is 10.1. The molecule has 2 fully saturated rings. The molecule has 0 radical (unpaired) electrons. The molecule has 7 amide bonds. The summed E-state index contributed by atoms with van der Waals surface area (Å²) in [6, 6.07) is -6.95. The Morgan fingerprint density at radius 1 is 0.780 bits per heavy atom. The summed E-state index contributed by atoms with van der Waals surface area (Å²) in [5.41, 5.74) is 16.2. The van der Waals surface area contributed by atoms with Gasteiger partial charge < -0.3 is 58.7 Å². The SMILES string of the molecule is C[C@H](N)C(=O)N[C@@H](CCCN=C(N)N)C(=O)NCC(=O)N[C@@H](C)C(=O)N[C@@H](C)C(=O)N1CCC[C@H]1C(=O)N1CCC[C@H]1C(=O)N[C@@H](C)C(=O)O. The summed E-state index contributed by atoms with van der Waals surface area (Å²) < 4.78 is 0. The summed E-state index contributed by atoms with van der Waals surface area (Å²) in [5, 5.41) is 21.4. The predicted molar refractivity (Wildman–Crippen MR) is 178 cm³/mol. The molecule has 2 aliphatic heterocycles. The summed E-state index contributed by atoms with van der Waals surface area (Å²) in [6.07, 6.45) is 2.26. The molecule has 0 aliphatic carbocycles. The number of hydrogen-bond donors (Lipinski definition) is 9. The Balaban J connectivity index is 1.92. The zero-order chi connectivity index (χ0) is 37.7. The lowest BCUT2D eigenvalue weighted by Crippen LogP contribution is -2.57.